The van der Waals surface area contributed by atoms with Crippen molar-refractivity contribution < 1.29 is 56.6 Å². The smallest absolute Gasteiger partial charge is 0.308 e. The van der Waals surface area contributed by atoms with Crippen molar-refractivity contribution in [3.05, 3.63) is 37.0 Å². The van der Waals surface area contributed by atoms with E-state index in [1.54, 1.807) is 6.08 Å². The summed E-state index contributed by atoms with van der Waals surface area (Å²) in [6.07, 6.45) is 9.18. The molecule has 6 unspecified atom stereocenters. The lowest BCUT2D eigenvalue weighted by Crippen LogP contribution is -2.63. The average Bonchev–Trinajstić information content (AvgIpc) is 3.94. The van der Waals surface area contributed by atoms with Crippen LogP contribution in [-0.2, 0) is 56.6 Å². The van der Waals surface area contributed by atoms with E-state index in [1.807, 2.05) is 0 Å². The fourth-order valence-electron chi connectivity index (χ4n) is 14.3. The third-order valence-electron chi connectivity index (χ3n) is 18.3. The normalized spacial score (nSPS) is 49.3. The minimum Gasteiger partial charge on any atom is -0.459 e. The second-order valence-corrected chi connectivity index (χ2v) is 27.7. The van der Waals surface area contributed by atoms with Crippen molar-refractivity contribution in [1.29, 1.82) is 0 Å². The molecule has 1 spiro atoms. The Labute approximate surface area is 408 Å². The molecular weight excluding hydrogens is 972 g/mol. The van der Waals surface area contributed by atoms with Crippen molar-refractivity contribution >= 4 is 36.9 Å². The molecule has 0 aromatic rings. The van der Waals surface area contributed by atoms with Gasteiger partial charge in [-0.15, -0.1) is 6.58 Å². The van der Waals surface area contributed by atoms with Gasteiger partial charge in [-0.1, -0.05) is 76.4 Å². The van der Waals surface area contributed by atoms with Crippen molar-refractivity contribution in [3.8, 4) is 0 Å². The molecule has 11 rings (SSSR count). The van der Waals surface area contributed by atoms with Crippen LogP contribution < -0.4 is 0 Å². The maximum absolute atomic E-state index is 14.5. The van der Waals surface area contributed by atoms with Crippen LogP contribution in [0, 0.1) is 17.8 Å². The number of carbonyl (C=O) groups is 1. The van der Waals surface area contributed by atoms with E-state index in [9.17, 15) is 4.79 Å². The highest BCUT2D eigenvalue weighted by molar-refractivity contribution is 14.1. The van der Waals surface area contributed by atoms with E-state index < -0.39 is 31.9 Å². The summed E-state index contributed by atoms with van der Waals surface area (Å²) in [6.45, 7) is 24.8. The van der Waals surface area contributed by atoms with Gasteiger partial charge >= 0.3 is 5.97 Å². The molecule has 370 valence electrons. The van der Waals surface area contributed by atoms with Gasteiger partial charge in [-0.2, -0.15) is 0 Å². The summed E-state index contributed by atoms with van der Waals surface area (Å²) in [5.74, 6) is -0.958. The quantitative estimate of drug-likeness (QED) is 0.0721. The number of alkyl halides is 1. The molecule has 21 atom stereocenters. The van der Waals surface area contributed by atoms with E-state index in [0.29, 0.717) is 25.9 Å². The summed E-state index contributed by atoms with van der Waals surface area (Å²) in [7, 11) is -1.93. The zero-order chi connectivity index (χ0) is 46.1. The third-order valence-corrected chi connectivity index (χ3v) is 23.8. The summed E-state index contributed by atoms with van der Waals surface area (Å²) >= 11 is 2.45. The maximum Gasteiger partial charge on any atom is 0.308 e. The topological polar surface area (TPSA) is 119 Å². The van der Waals surface area contributed by atoms with Crippen molar-refractivity contribution in [1.82, 2.24) is 0 Å². The number of hydrogen-bond donors (Lipinski definition) is 0. The van der Waals surface area contributed by atoms with Gasteiger partial charge in [-0.3, -0.25) is 4.79 Å². The molecule has 11 aliphatic rings. The number of fused-ring (bicyclic) bond motifs is 7. The predicted molar refractivity (Wildman–Crippen MR) is 259 cm³/mol. The van der Waals surface area contributed by atoms with Gasteiger partial charge in [0.15, 0.2) is 8.32 Å². The summed E-state index contributed by atoms with van der Waals surface area (Å²) < 4.78 is 77.7. The van der Waals surface area contributed by atoms with Crippen LogP contribution in [0.25, 0.3) is 0 Å². The zero-order valence-electron chi connectivity index (χ0n) is 40.4. The van der Waals surface area contributed by atoms with Gasteiger partial charge in [-0.05, 0) is 99.4 Å². The van der Waals surface area contributed by atoms with Crippen molar-refractivity contribution in [2.24, 2.45) is 17.8 Å². The van der Waals surface area contributed by atoms with Crippen molar-refractivity contribution in [2.45, 2.75) is 252 Å². The molecule has 0 aromatic heterocycles. The van der Waals surface area contributed by atoms with Crippen molar-refractivity contribution in [2.75, 3.05) is 11.0 Å². The number of halogens is 1. The summed E-state index contributed by atoms with van der Waals surface area (Å²) in [6, 6.07) is 3.24. The van der Waals surface area contributed by atoms with E-state index in [2.05, 4.69) is 76.9 Å². The molecule has 0 N–H and O–H groups in total. The molecule has 11 saturated heterocycles. The van der Waals surface area contributed by atoms with E-state index in [0.717, 1.165) is 97.9 Å². The second-order valence-electron chi connectivity index (χ2n) is 22.1. The van der Waals surface area contributed by atoms with Crippen LogP contribution in [0.3, 0.4) is 0 Å². The molecular formula is C52H79IO12Si. The molecule has 0 saturated carbocycles. The van der Waals surface area contributed by atoms with Gasteiger partial charge < -0.3 is 51.8 Å². The first kappa shape index (κ1) is 48.8. The first-order valence-corrected chi connectivity index (χ1v) is 30.2. The van der Waals surface area contributed by atoms with Crippen LogP contribution in [-0.4, -0.2) is 134 Å². The van der Waals surface area contributed by atoms with Crippen LogP contribution in [0.1, 0.15) is 125 Å². The molecule has 12 nitrogen and oxygen atoms in total. The van der Waals surface area contributed by atoms with Crippen LogP contribution in [0.2, 0.25) is 18.1 Å². The fraction of sp³-hybridized carbons (Fsp3) is 0.865. The predicted octanol–water partition coefficient (Wildman–Crippen LogP) is 9.25. The number of hydrogen-bond acceptors (Lipinski definition) is 12. The van der Waals surface area contributed by atoms with Crippen molar-refractivity contribution in [3.63, 3.8) is 0 Å². The maximum atomic E-state index is 14.5. The standard InChI is InChI=1S/C52H79IO12Si/c1-9-21-55-52-28-51-19-17-35-23-30(6)37(56-35)15-13-33-22-29(5)31(7)39(57-33)25-41-46(32(8)45-42(59-41)26-40(43(27-53)61-45)65-66(10-2,11-3)12-4)62-44(54)24-34-14-16-38-47(58-34)36(18-20-51)48(63-52)49(60-38)50(52)64-51/h9,29,32-43,45-50H,1,6-7,10-28H2,2-5,8H3/t29-,32+,33+,34?,35+,36?,37+,38+,39?,40-,41+,42+,43-,45+,46-,47-,48?,49-,50?,51+,52?/m1/s1. The molecule has 0 radical (unpaired) electrons. The lowest BCUT2D eigenvalue weighted by molar-refractivity contribution is -0.279. The Morgan fingerprint density at radius 3 is 2.26 bits per heavy atom. The number of rotatable bonds is 9. The zero-order valence-corrected chi connectivity index (χ0v) is 43.5. The minimum atomic E-state index is -1.93. The molecule has 11 aliphatic heterocycles. The number of carbonyl (C=O) groups excluding carboxylic acids is 1. The molecule has 12 bridgehead atoms. The summed E-state index contributed by atoms with van der Waals surface area (Å²) in [5.41, 5.74) is 1.79. The Morgan fingerprint density at radius 2 is 1.48 bits per heavy atom. The third kappa shape index (κ3) is 9.08. The van der Waals surface area contributed by atoms with Gasteiger partial charge in [0.1, 0.15) is 18.3 Å². The highest BCUT2D eigenvalue weighted by Crippen LogP contribution is 2.60. The first-order chi connectivity index (χ1) is 31.8. The highest BCUT2D eigenvalue weighted by Gasteiger charge is 2.72. The number of esters is 1. The Bertz CT molecular complexity index is 1790. The second kappa shape index (κ2) is 19.7. The van der Waals surface area contributed by atoms with E-state index in [4.69, 9.17) is 51.8 Å². The Kier molecular flexibility index (Phi) is 14.6. The van der Waals surface area contributed by atoms with Crippen LogP contribution in [0.15, 0.2) is 37.0 Å². The van der Waals surface area contributed by atoms with E-state index in [1.165, 1.54) is 0 Å². The molecule has 14 heteroatoms. The van der Waals surface area contributed by atoms with Gasteiger partial charge in [-0.25, -0.2) is 0 Å². The van der Waals surface area contributed by atoms with E-state index in [-0.39, 0.29) is 116 Å². The van der Waals surface area contributed by atoms with Crippen LogP contribution in [0.4, 0.5) is 0 Å². The van der Waals surface area contributed by atoms with Gasteiger partial charge in [0, 0.05) is 35.5 Å². The lowest BCUT2D eigenvalue weighted by atomic mass is 9.76. The summed E-state index contributed by atoms with van der Waals surface area (Å²) in [5, 5.41) is 0. The van der Waals surface area contributed by atoms with E-state index >= 15 is 0 Å². The first-order valence-electron chi connectivity index (χ1n) is 26.1. The Balaban J connectivity index is 0.936. The molecule has 66 heavy (non-hydrogen) atoms. The van der Waals surface area contributed by atoms with Gasteiger partial charge in [0.05, 0.1) is 98.0 Å². The summed E-state index contributed by atoms with van der Waals surface area (Å²) in [4.78, 5) is 14.5. The Morgan fingerprint density at radius 1 is 0.742 bits per heavy atom. The lowest BCUT2D eigenvalue weighted by Gasteiger charge is -2.52. The minimum absolute atomic E-state index is 0.0174. The monoisotopic (exact) mass is 1050 g/mol. The van der Waals surface area contributed by atoms with Gasteiger partial charge in [0.25, 0.3) is 0 Å². The molecule has 0 aliphatic carbocycles. The van der Waals surface area contributed by atoms with Gasteiger partial charge in [0.2, 0.25) is 5.79 Å². The molecule has 0 amide bonds. The molecule has 11 heterocycles. The molecule has 11 fully saturated rings. The number of ether oxygens (including phenoxy) is 10. The molecule has 0 aromatic carbocycles. The average molecular weight is 1050 g/mol. The SMILES string of the molecule is C=CCOC12C[C@@]34CCC5C(O1)[C@@H](O[C@H]1CCC(CC(=O)O[C@@H]6[C@@H](C)[C@@H]7O[C@H](CI)[C@H](O[Si](CC)(CC)CC)C[C@@H]7O[C@H]6CC6O[C@@H](CC[C@@H]7O[C@@H](CC3)CC7=C)C[C@@H](C)C6=C)O[C@H]51)C2O4. The Hall–Kier alpha value is -0.763. The largest absolute Gasteiger partial charge is 0.459 e. The highest BCUT2D eigenvalue weighted by atomic mass is 127. The fourth-order valence-corrected chi connectivity index (χ4v) is 18.0. The van der Waals surface area contributed by atoms with Crippen LogP contribution >= 0.6 is 22.6 Å². The van der Waals surface area contributed by atoms with Crippen LogP contribution in [0.5, 0.6) is 0 Å².